The van der Waals surface area contributed by atoms with Gasteiger partial charge in [-0.3, -0.25) is 0 Å². The Hall–Kier alpha value is -3.61. The minimum atomic E-state index is -0.354. The lowest BCUT2D eigenvalue weighted by atomic mass is 9.70. The van der Waals surface area contributed by atoms with Crippen LogP contribution in [0.25, 0.3) is 33.4 Å². The Labute approximate surface area is 192 Å². The van der Waals surface area contributed by atoms with Gasteiger partial charge in [-0.1, -0.05) is 115 Å². The summed E-state index contributed by atoms with van der Waals surface area (Å²) < 4.78 is 0. The summed E-state index contributed by atoms with van der Waals surface area (Å²) in [5, 5.41) is 0.813. The molecule has 1 heteroatoms. The Morgan fingerprint density at radius 3 is 1.56 bits per heavy atom. The summed E-state index contributed by atoms with van der Waals surface area (Å²) in [6.45, 7) is 0. The SMILES string of the molecule is Clc1cc(-c2ccccc2)cc2c1-c1ccccc1C21c2ccccc2-c2ccccc21. The molecule has 0 bridgehead atoms. The molecule has 0 radical (unpaired) electrons. The maximum Gasteiger partial charge on any atom is 0.0726 e. The third-order valence-corrected chi connectivity index (χ3v) is 7.45. The highest BCUT2D eigenvalue weighted by molar-refractivity contribution is 6.34. The minimum absolute atomic E-state index is 0.354. The predicted molar refractivity (Wildman–Crippen MR) is 133 cm³/mol. The van der Waals surface area contributed by atoms with Crippen LogP contribution in [-0.2, 0) is 5.41 Å². The van der Waals surface area contributed by atoms with E-state index >= 15 is 0 Å². The molecule has 0 N–H and O–H groups in total. The minimum Gasteiger partial charge on any atom is -0.0836 e. The lowest BCUT2D eigenvalue weighted by molar-refractivity contribution is 0.794. The van der Waals surface area contributed by atoms with E-state index in [1.807, 2.05) is 0 Å². The molecule has 0 amide bonds. The molecule has 0 atom stereocenters. The maximum absolute atomic E-state index is 7.07. The van der Waals surface area contributed by atoms with Gasteiger partial charge >= 0.3 is 0 Å². The zero-order valence-electron chi connectivity index (χ0n) is 17.3. The van der Waals surface area contributed by atoms with Gasteiger partial charge < -0.3 is 0 Å². The molecule has 5 aromatic carbocycles. The monoisotopic (exact) mass is 426 g/mol. The molecule has 0 aromatic heterocycles. The van der Waals surface area contributed by atoms with E-state index in [0.717, 1.165) is 16.1 Å². The summed E-state index contributed by atoms with van der Waals surface area (Å²) in [5.74, 6) is 0. The van der Waals surface area contributed by atoms with E-state index in [0.29, 0.717) is 0 Å². The van der Waals surface area contributed by atoms with Crippen LogP contribution >= 0.6 is 11.6 Å². The summed E-state index contributed by atoms with van der Waals surface area (Å²) in [6, 6.07) is 41.5. The van der Waals surface area contributed by atoms with Crippen molar-refractivity contribution < 1.29 is 0 Å². The van der Waals surface area contributed by atoms with Crippen molar-refractivity contribution in [2.45, 2.75) is 5.41 Å². The fourth-order valence-corrected chi connectivity index (χ4v) is 6.28. The van der Waals surface area contributed by atoms with Gasteiger partial charge in [0.2, 0.25) is 0 Å². The molecule has 0 saturated carbocycles. The summed E-state index contributed by atoms with van der Waals surface area (Å²) in [7, 11) is 0. The molecule has 0 nitrogen and oxygen atoms in total. The Balaban J connectivity index is 1.67. The molecule has 5 aromatic rings. The molecular formula is C31H19Cl. The lowest BCUT2D eigenvalue weighted by Crippen LogP contribution is -2.25. The molecule has 150 valence electrons. The largest absolute Gasteiger partial charge is 0.0836 e. The fraction of sp³-hybridized carbons (Fsp3) is 0.0323. The molecule has 0 saturated heterocycles. The molecule has 2 aliphatic rings. The predicted octanol–water partition coefficient (Wildman–Crippen LogP) is 8.35. The number of rotatable bonds is 1. The second-order valence-electron chi connectivity index (χ2n) is 8.63. The Bertz CT molecular complexity index is 1480. The molecule has 7 rings (SSSR count). The van der Waals surface area contributed by atoms with Crippen LogP contribution < -0.4 is 0 Å². The van der Waals surface area contributed by atoms with Crippen molar-refractivity contribution in [1.82, 2.24) is 0 Å². The van der Waals surface area contributed by atoms with Crippen molar-refractivity contribution in [2.24, 2.45) is 0 Å². The van der Waals surface area contributed by atoms with Crippen molar-refractivity contribution in [3.8, 4) is 33.4 Å². The van der Waals surface area contributed by atoms with E-state index in [4.69, 9.17) is 11.6 Å². The summed E-state index contributed by atoms with van der Waals surface area (Å²) in [6.07, 6.45) is 0. The first-order valence-corrected chi connectivity index (χ1v) is 11.4. The van der Waals surface area contributed by atoms with Gasteiger partial charge in [-0.15, -0.1) is 0 Å². The number of hydrogen-bond donors (Lipinski definition) is 0. The van der Waals surface area contributed by atoms with E-state index in [9.17, 15) is 0 Å². The molecule has 2 aliphatic carbocycles. The standard InChI is InChI=1S/C31H19Cl/c32-29-19-21(20-10-2-1-3-11-20)18-28-30(29)24-14-6-9-17-27(24)31(28)25-15-7-4-12-22(25)23-13-5-8-16-26(23)31/h1-19H. The number of halogens is 1. The van der Waals surface area contributed by atoms with Crippen LogP contribution in [0.1, 0.15) is 22.3 Å². The van der Waals surface area contributed by atoms with Crippen LogP contribution in [0.4, 0.5) is 0 Å². The number of fused-ring (bicyclic) bond motifs is 10. The van der Waals surface area contributed by atoms with Gasteiger partial charge in [0.15, 0.2) is 0 Å². The van der Waals surface area contributed by atoms with Gasteiger partial charge in [0.25, 0.3) is 0 Å². The average molecular weight is 427 g/mol. The topological polar surface area (TPSA) is 0 Å². The molecule has 0 fully saturated rings. The quantitative estimate of drug-likeness (QED) is 0.247. The highest BCUT2D eigenvalue weighted by Crippen LogP contribution is 2.64. The molecule has 1 spiro atoms. The van der Waals surface area contributed by atoms with Crippen molar-refractivity contribution in [3.63, 3.8) is 0 Å². The third kappa shape index (κ3) is 2.13. The first kappa shape index (κ1) is 18.0. The van der Waals surface area contributed by atoms with Crippen LogP contribution in [0.15, 0.2) is 115 Å². The second-order valence-corrected chi connectivity index (χ2v) is 9.04. The van der Waals surface area contributed by atoms with Gasteiger partial charge in [-0.05, 0) is 62.2 Å². The Morgan fingerprint density at radius 2 is 0.938 bits per heavy atom. The first-order chi connectivity index (χ1) is 15.8. The first-order valence-electron chi connectivity index (χ1n) is 11.0. The van der Waals surface area contributed by atoms with Crippen molar-refractivity contribution in [2.75, 3.05) is 0 Å². The molecule has 32 heavy (non-hydrogen) atoms. The second kappa shape index (κ2) is 6.45. The summed E-state index contributed by atoms with van der Waals surface area (Å²) >= 11 is 7.07. The molecule has 0 aliphatic heterocycles. The van der Waals surface area contributed by atoms with Crippen molar-refractivity contribution >= 4 is 11.6 Å². The Kier molecular flexibility index (Phi) is 3.63. The average Bonchev–Trinajstić information content (AvgIpc) is 3.32. The molecular weight excluding hydrogens is 408 g/mol. The van der Waals surface area contributed by atoms with E-state index in [-0.39, 0.29) is 5.41 Å². The van der Waals surface area contributed by atoms with E-state index in [2.05, 4.69) is 115 Å². The Morgan fingerprint density at radius 1 is 0.438 bits per heavy atom. The highest BCUT2D eigenvalue weighted by Gasteiger charge is 2.52. The van der Waals surface area contributed by atoms with Crippen molar-refractivity contribution in [1.29, 1.82) is 0 Å². The van der Waals surface area contributed by atoms with E-state index < -0.39 is 0 Å². The van der Waals surface area contributed by atoms with Crippen LogP contribution in [0.3, 0.4) is 0 Å². The third-order valence-electron chi connectivity index (χ3n) is 7.15. The van der Waals surface area contributed by atoms with Gasteiger partial charge in [0, 0.05) is 10.6 Å². The fourth-order valence-electron chi connectivity index (χ4n) is 5.96. The van der Waals surface area contributed by atoms with E-state index in [1.54, 1.807) is 0 Å². The zero-order valence-corrected chi connectivity index (χ0v) is 18.1. The zero-order chi connectivity index (χ0) is 21.3. The highest BCUT2D eigenvalue weighted by atomic mass is 35.5. The van der Waals surface area contributed by atoms with Gasteiger partial charge in [-0.25, -0.2) is 0 Å². The van der Waals surface area contributed by atoms with Crippen LogP contribution in [0, 0.1) is 0 Å². The van der Waals surface area contributed by atoms with Crippen LogP contribution in [0.5, 0.6) is 0 Å². The van der Waals surface area contributed by atoms with Gasteiger partial charge in [0.1, 0.15) is 0 Å². The lowest BCUT2D eigenvalue weighted by Gasteiger charge is -2.30. The summed E-state index contributed by atoms with van der Waals surface area (Å²) in [5.41, 5.74) is 12.3. The molecule has 0 heterocycles. The smallest absolute Gasteiger partial charge is 0.0726 e. The maximum atomic E-state index is 7.07. The van der Waals surface area contributed by atoms with Gasteiger partial charge in [0.05, 0.1) is 5.41 Å². The van der Waals surface area contributed by atoms with Crippen LogP contribution in [-0.4, -0.2) is 0 Å². The summed E-state index contributed by atoms with van der Waals surface area (Å²) in [4.78, 5) is 0. The molecule has 0 unspecified atom stereocenters. The number of hydrogen-bond acceptors (Lipinski definition) is 0. The normalized spacial score (nSPS) is 14.0. The number of benzene rings is 5. The van der Waals surface area contributed by atoms with Crippen LogP contribution in [0.2, 0.25) is 5.02 Å². The van der Waals surface area contributed by atoms with Crippen molar-refractivity contribution in [3.05, 3.63) is 143 Å². The van der Waals surface area contributed by atoms with E-state index in [1.165, 1.54) is 44.5 Å². The van der Waals surface area contributed by atoms with Gasteiger partial charge in [-0.2, -0.15) is 0 Å².